The summed E-state index contributed by atoms with van der Waals surface area (Å²) in [5, 5.41) is 12.1. The molecule has 0 aromatic rings. The molecule has 0 aliphatic heterocycles. The molecule has 5 heteroatoms. The number of amides is 1. The van der Waals surface area contributed by atoms with Crippen LogP contribution in [0, 0.1) is 11.8 Å². The minimum absolute atomic E-state index is 0.00287. The summed E-state index contributed by atoms with van der Waals surface area (Å²) in [6.07, 6.45) is 6.14. The van der Waals surface area contributed by atoms with Crippen molar-refractivity contribution in [3.05, 3.63) is 0 Å². The second kappa shape index (κ2) is 7.07. The second-order valence-electron chi connectivity index (χ2n) is 6.02. The number of carbonyl (C=O) groups excluding carboxylic acids is 1. The Bertz CT molecular complexity index is 352. The van der Waals surface area contributed by atoms with Gasteiger partial charge in [0, 0.05) is 19.1 Å². The van der Waals surface area contributed by atoms with Crippen LogP contribution in [0.25, 0.3) is 0 Å². The Labute approximate surface area is 120 Å². The summed E-state index contributed by atoms with van der Waals surface area (Å²) in [5.41, 5.74) is 0. The van der Waals surface area contributed by atoms with Crippen LogP contribution in [0.2, 0.25) is 0 Å². The summed E-state index contributed by atoms with van der Waals surface area (Å²) >= 11 is 0. The summed E-state index contributed by atoms with van der Waals surface area (Å²) in [5.74, 6) is -0.790. The van der Waals surface area contributed by atoms with Crippen molar-refractivity contribution in [3.8, 4) is 0 Å². The van der Waals surface area contributed by atoms with E-state index in [4.69, 9.17) is 4.74 Å². The fraction of sp³-hybridized carbons (Fsp3) is 0.867. The van der Waals surface area contributed by atoms with Gasteiger partial charge >= 0.3 is 5.97 Å². The van der Waals surface area contributed by atoms with Crippen LogP contribution in [0.3, 0.4) is 0 Å². The molecule has 0 spiro atoms. The van der Waals surface area contributed by atoms with Crippen LogP contribution in [0.15, 0.2) is 0 Å². The fourth-order valence-electron chi connectivity index (χ4n) is 3.34. The maximum atomic E-state index is 12.0. The summed E-state index contributed by atoms with van der Waals surface area (Å²) in [4.78, 5) is 23.2. The van der Waals surface area contributed by atoms with E-state index in [0.717, 1.165) is 38.7 Å². The van der Waals surface area contributed by atoms with Crippen LogP contribution >= 0.6 is 0 Å². The molecule has 2 rings (SSSR count). The zero-order valence-electron chi connectivity index (χ0n) is 12.1. The normalized spacial score (nSPS) is 33.2. The third kappa shape index (κ3) is 3.95. The first-order valence-electron chi connectivity index (χ1n) is 7.74. The van der Waals surface area contributed by atoms with E-state index in [9.17, 15) is 14.7 Å². The molecule has 2 aliphatic rings. The first-order chi connectivity index (χ1) is 9.60. The van der Waals surface area contributed by atoms with Gasteiger partial charge in [0.05, 0.1) is 12.0 Å². The van der Waals surface area contributed by atoms with E-state index in [-0.39, 0.29) is 11.9 Å². The highest BCUT2D eigenvalue weighted by atomic mass is 16.5. The predicted octanol–water partition coefficient (Wildman–Crippen LogP) is 1.95. The lowest BCUT2D eigenvalue weighted by Gasteiger charge is -2.35. The van der Waals surface area contributed by atoms with Gasteiger partial charge in [0.1, 0.15) is 0 Å². The number of aliphatic carboxylic acids is 1. The van der Waals surface area contributed by atoms with Crippen molar-refractivity contribution in [2.45, 2.75) is 64.0 Å². The molecule has 20 heavy (non-hydrogen) atoms. The van der Waals surface area contributed by atoms with E-state index in [1.165, 1.54) is 0 Å². The molecular formula is C15H25NO4. The Morgan fingerprint density at radius 2 is 1.95 bits per heavy atom. The Balaban J connectivity index is 1.72. The molecule has 2 saturated carbocycles. The Morgan fingerprint density at radius 1 is 1.25 bits per heavy atom. The van der Waals surface area contributed by atoms with Crippen LogP contribution in [0.5, 0.6) is 0 Å². The predicted molar refractivity (Wildman–Crippen MR) is 74.3 cm³/mol. The van der Waals surface area contributed by atoms with Gasteiger partial charge in [-0.05, 0) is 38.5 Å². The van der Waals surface area contributed by atoms with Gasteiger partial charge in [0.2, 0.25) is 5.91 Å². The topological polar surface area (TPSA) is 75.6 Å². The molecule has 5 nitrogen and oxygen atoms in total. The van der Waals surface area contributed by atoms with Crippen LogP contribution in [-0.4, -0.2) is 35.7 Å². The van der Waals surface area contributed by atoms with E-state index in [1.54, 1.807) is 0 Å². The lowest BCUT2D eigenvalue weighted by molar-refractivity contribution is -0.144. The number of hydrogen-bond acceptors (Lipinski definition) is 3. The molecule has 1 amide bonds. The molecule has 2 unspecified atom stereocenters. The number of rotatable bonds is 6. The summed E-state index contributed by atoms with van der Waals surface area (Å²) in [7, 11) is 0. The van der Waals surface area contributed by atoms with E-state index < -0.39 is 11.9 Å². The minimum Gasteiger partial charge on any atom is -0.481 e. The maximum absolute atomic E-state index is 12.0. The Kier molecular flexibility index (Phi) is 5.40. The van der Waals surface area contributed by atoms with Crippen LogP contribution in [0.1, 0.15) is 51.9 Å². The summed E-state index contributed by atoms with van der Waals surface area (Å²) < 4.78 is 5.48. The van der Waals surface area contributed by atoms with Gasteiger partial charge in [0.25, 0.3) is 0 Å². The molecule has 0 bridgehead atoms. The fourth-order valence-corrected chi connectivity index (χ4v) is 3.34. The first kappa shape index (κ1) is 15.3. The van der Waals surface area contributed by atoms with Gasteiger partial charge in [-0.25, -0.2) is 0 Å². The molecule has 2 aliphatic carbocycles. The Morgan fingerprint density at radius 3 is 2.60 bits per heavy atom. The van der Waals surface area contributed by atoms with Crippen LogP contribution in [-0.2, 0) is 14.3 Å². The highest BCUT2D eigenvalue weighted by Crippen LogP contribution is 2.33. The molecule has 0 radical (unpaired) electrons. The van der Waals surface area contributed by atoms with Gasteiger partial charge in [-0.1, -0.05) is 12.8 Å². The molecule has 2 atom stereocenters. The van der Waals surface area contributed by atoms with Crippen LogP contribution < -0.4 is 5.32 Å². The average molecular weight is 283 g/mol. The van der Waals surface area contributed by atoms with Crippen molar-refractivity contribution in [3.63, 3.8) is 0 Å². The van der Waals surface area contributed by atoms with Crippen molar-refractivity contribution in [1.29, 1.82) is 0 Å². The number of hydrogen-bond donors (Lipinski definition) is 2. The second-order valence-corrected chi connectivity index (χ2v) is 6.02. The zero-order valence-corrected chi connectivity index (χ0v) is 12.1. The third-order valence-corrected chi connectivity index (χ3v) is 4.50. The lowest BCUT2D eigenvalue weighted by atomic mass is 9.79. The van der Waals surface area contributed by atoms with Crippen molar-refractivity contribution in [2.75, 3.05) is 6.61 Å². The quantitative estimate of drug-likeness (QED) is 0.781. The number of ether oxygens (including phenoxy) is 1. The van der Waals surface area contributed by atoms with Gasteiger partial charge in [-0.2, -0.15) is 0 Å². The van der Waals surface area contributed by atoms with Crippen LogP contribution in [0.4, 0.5) is 0 Å². The standard InChI is InChI=1S/C15H25NO4/c1-2-20-11-7-10(8-11)9-14(17)16-13-6-4-3-5-12(13)15(18)19/h10-13H,2-9H2,1H3,(H,16,17)(H,18,19). The number of nitrogens with one attached hydrogen (secondary N) is 1. The molecule has 2 fully saturated rings. The number of carboxylic acid groups (broad SMARTS) is 1. The SMILES string of the molecule is CCOC1CC(CC(=O)NC2CCCCC2C(=O)O)C1. The molecule has 0 aromatic heterocycles. The highest BCUT2D eigenvalue weighted by molar-refractivity contribution is 5.78. The molecule has 0 aromatic carbocycles. The third-order valence-electron chi connectivity index (χ3n) is 4.50. The highest BCUT2D eigenvalue weighted by Gasteiger charge is 2.34. The largest absolute Gasteiger partial charge is 0.481 e. The van der Waals surface area contributed by atoms with Crippen molar-refractivity contribution >= 4 is 11.9 Å². The molecule has 2 N–H and O–H groups in total. The first-order valence-corrected chi connectivity index (χ1v) is 7.74. The van der Waals surface area contributed by atoms with Crippen molar-refractivity contribution < 1.29 is 19.4 Å². The van der Waals surface area contributed by atoms with E-state index in [1.807, 2.05) is 6.92 Å². The van der Waals surface area contributed by atoms with Crippen molar-refractivity contribution in [1.82, 2.24) is 5.32 Å². The minimum atomic E-state index is -0.782. The van der Waals surface area contributed by atoms with E-state index >= 15 is 0 Å². The van der Waals surface area contributed by atoms with E-state index in [2.05, 4.69) is 5.32 Å². The lowest BCUT2D eigenvalue weighted by Crippen LogP contribution is -2.46. The van der Waals surface area contributed by atoms with Crippen molar-refractivity contribution in [2.24, 2.45) is 11.8 Å². The summed E-state index contributed by atoms with van der Waals surface area (Å²) in [6.45, 7) is 2.71. The maximum Gasteiger partial charge on any atom is 0.308 e. The van der Waals surface area contributed by atoms with Gasteiger partial charge in [0.15, 0.2) is 0 Å². The monoisotopic (exact) mass is 283 g/mol. The molecule has 0 heterocycles. The molecular weight excluding hydrogens is 258 g/mol. The zero-order chi connectivity index (χ0) is 14.5. The summed E-state index contributed by atoms with van der Waals surface area (Å²) in [6, 6.07) is -0.184. The van der Waals surface area contributed by atoms with Gasteiger partial charge < -0.3 is 15.2 Å². The van der Waals surface area contributed by atoms with Gasteiger partial charge in [-0.3, -0.25) is 9.59 Å². The average Bonchev–Trinajstić information content (AvgIpc) is 2.36. The van der Waals surface area contributed by atoms with Gasteiger partial charge in [-0.15, -0.1) is 0 Å². The number of carboxylic acids is 1. The van der Waals surface area contributed by atoms with E-state index in [0.29, 0.717) is 24.9 Å². The molecule has 0 saturated heterocycles. The number of carbonyl (C=O) groups is 2. The molecule has 114 valence electrons. The Hall–Kier alpha value is -1.10. The smallest absolute Gasteiger partial charge is 0.308 e.